The number of para-hydroxylation sites is 2. The molecule has 1 aromatic carbocycles. The van der Waals surface area contributed by atoms with Crippen LogP contribution in [0.25, 0.3) is 0 Å². The summed E-state index contributed by atoms with van der Waals surface area (Å²) in [5, 5.41) is 9.78. The van der Waals surface area contributed by atoms with Crippen molar-refractivity contribution in [3.05, 3.63) is 29.8 Å². The number of hydrogen-bond acceptors (Lipinski definition) is 6. The highest BCUT2D eigenvalue weighted by atomic mass is 32.2. The smallest absolute Gasteiger partial charge is 0.324 e. The van der Waals surface area contributed by atoms with E-state index in [1.54, 1.807) is 6.07 Å². The second kappa shape index (κ2) is 7.00. The summed E-state index contributed by atoms with van der Waals surface area (Å²) in [6.07, 6.45) is -5.59. The molecule has 0 fully saturated rings. The number of nitrogens with zero attached hydrogens (tertiary/aromatic N) is 3. The lowest BCUT2D eigenvalue weighted by Crippen LogP contribution is -2.50. The first-order valence-corrected chi connectivity index (χ1v) is 8.89. The summed E-state index contributed by atoms with van der Waals surface area (Å²) in [6.45, 7) is 0. The highest BCUT2D eigenvalue weighted by Gasteiger charge is 2.48. The molecule has 0 saturated heterocycles. The Balaban J connectivity index is 1.95. The second-order valence-corrected chi connectivity index (χ2v) is 7.14. The number of nitrogens with one attached hydrogen (secondary N) is 1. The summed E-state index contributed by atoms with van der Waals surface area (Å²) in [4.78, 5) is 25.1. The highest BCUT2D eigenvalue weighted by Crippen LogP contribution is 2.38. The van der Waals surface area contributed by atoms with Crippen LogP contribution in [0.3, 0.4) is 0 Å². The number of carbonyl (C=O) groups is 2. The molecule has 1 aromatic heterocycles. The van der Waals surface area contributed by atoms with Gasteiger partial charge in [0.15, 0.2) is 4.34 Å². The standard InChI is InChI=1S/C14H11F3N4O2S2/c15-14(16,17)10-5-11(22)19-8-3-1-2-4-9(8)21(10)12(23)6-24-13-20-18-7-25-13/h1-4,7,10H,5-6H2,(H,19,22)/t10-/m1/s1. The summed E-state index contributed by atoms with van der Waals surface area (Å²) in [5.41, 5.74) is 1.67. The van der Waals surface area contributed by atoms with Gasteiger partial charge in [-0.15, -0.1) is 10.2 Å². The first-order valence-electron chi connectivity index (χ1n) is 7.03. The Kier molecular flexibility index (Phi) is 4.95. The van der Waals surface area contributed by atoms with E-state index in [1.807, 2.05) is 0 Å². The third-order valence-corrected chi connectivity index (χ3v) is 5.28. The molecular weight excluding hydrogens is 377 g/mol. The highest BCUT2D eigenvalue weighted by molar-refractivity contribution is 8.01. The van der Waals surface area contributed by atoms with Crippen LogP contribution in [0.1, 0.15) is 6.42 Å². The van der Waals surface area contributed by atoms with Gasteiger partial charge in [-0.25, -0.2) is 0 Å². The largest absolute Gasteiger partial charge is 0.409 e. The number of aromatic nitrogens is 2. The van der Waals surface area contributed by atoms with Crippen LogP contribution in [0.2, 0.25) is 0 Å². The summed E-state index contributed by atoms with van der Waals surface area (Å²) >= 11 is 2.19. The number of fused-ring (bicyclic) bond motifs is 1. The van der Waals surface area contributed by atoms with E-state index >= 15 is 0 Å². The van der Waals surface area contributed by atoms with Crippen molar-refractivity contribution in [3.8, 4) is 0 Å². The normalized spacial score (nSPS) is 17.6. The van der Waals surface area contributed by atoms with Crippen LogP contribution in [0.4, 0.5) is 24.5 Å². The monoisotopic (exact) mass is 388 g/mol. The number of anilines is 2. The molecule has 1 N–H and O–H groups in total. The maximum Gasteiger partial charge on any atom is 0.409 e. The lowest BCUT2D eigenvalue weighted by atomic mass is 10.1. The molecule has 0 spiro atoms. The molecule has 25 heavy (non-hydrogen) atoms. The van der Waals surface area contributed by atoms with Crippen molar-refractivity contribution in [2.24, 2.45) is 0 Å². The number of rotatable bonds is 3. The number of carbonyl (C=O) groups excluding carboxylic acids is 2. The van der Waals surface area contributed by atoms with Gasteiger partial charge in [-0.3, -0.25) is 14.5 Å². The van der Waals surface area contributed by atoms with Crippen LogP contribution in [-0.2, 0) is 9.59 Å². The third-order valence-electron chi connectivity index (χ3n) is 3.43. The van der Waals surface area contributed by atoms with E-state index in [-0.39, 0.29) is 17.1 Å². The average molecular weight is 388 g/mol. The van der Waals surface area contributed by atoms with Gasteiger partial charge in [0.2, 0.25) is 11.8 Å². The molecule has 0 unspecified atom stereocenters. The third kappa shape index (κ3) is 3.93. The maximum absolute atomic E-state index is 13.5. The number of thioether (sulfide) groups is 1. The number of halogens is 3. The van der Waals surface area contributed by atoms with E-state index in [4.69, 9.17) is 0 Å². The van der Waals surface area contributed by atoms with Gasteiger partial charge in [0.25, 0.3) is 0 Å². The van der Waals surface area contributed by atoms with E-state index < -0.39 is 30.5 Å². The van der Waals surface area contributed by atoms with Gasteiger partial charge < -0.3 is 5.32 Å². The topological polar surface area (TPSA) is 75.2 Å². The Bertz CT molecular complexity index is 783. The lowest BCUT2D eigenvalue weighted by molar-refractivity contribution is -0.157. The maximum atomic E-state index is 13.5. The Morgan fingerprint density at radius 1 is 1.40 bits per heavy atom. The summed E-state index contributed by atoms with van der Waals surface area (Å²) in [7, 11) is 0. The molecule has 0 saturated carbocycles. The Labute approximate surface area is 148 Å². The average Bonchev–Trinajstić information content (AvgIpc) is 3.00. The van der Waals surface area contributed by atoms with Crippen LogP contribution in [-0.4, -0.2) is 40.0 Å². The van der Waals surface area contributed by atoms with Crippen LogP contribution in [0, 0.1) is 0 Å². The Morgan fingerprint density at radius 3 is 2.84 bits per heavy atom. The first-order chi connectivity index (χ1) is 11.9. The minimum atomic E-state index is -4.74. The molecule has 2 heterocycles. The van der Waals surface area contributed by atoms with Gasteiger partial charge in [0.1, 0.15) is 11.6 Å². The van der Waals surface area contributed by atoms with Crippen LogP contribution >= 0.6 is 23.1 Å². The predicted molar refractivity (Wildman–Crippen MR) is 87.7 cm³/mol. The zero-order valence-electron chi connectivity index (χ0n) is 12.5. The van der Waals surface area contributed by atoms with Crippen LogP contribution in [0.5, 0.6) is 0 Å². The fraction of sp³-hybridized carbons (Fsp3) is 0.286. The van der Waals surface area contributed by atoms with E-state index in [1.165, 1.54) is 35.0 Å². The van der Waals surface area contributed by atoms with E-state index in [0.29, 0.717) is 9.24 Å². The first kappa shape index (κ1) is 17.7. The molecule has 3 rings (SSSR count). The SMILES string of the molecule is O=C1C[C@H](C(F)(F)F)N(C(=O)CSc2nncs2)c2ccccc2N1. The second-order valence-electron chi connectivity index (χ2n) is 5.08. The molecular formula is C14H11F3N4O2S2. The van der Waals surface area contributed by atoms with Gasteiger partial charge in [0.05, 0.1) is 23.5 Å². The molecule has 0 bridgehead atoms. The van der Waals surface area contributed by atoms with Crippen molar-refractivity contribution < 1.29 is 22.8 Å². The zero-order valence-corrected chi connectivity index (χ0v) is 14.1. The van der Waals surface area contributed by atoms with Crippen LogP contribution in [0.15, 0.2) is 34.1 Å². The van der Waals surface area contributed by atoms with Crippen LogP contribution < -0.4 is 10.2 Å². The van der Waals surface area contributed by atoms with Gasteiger partial charge in [-0.1, -0.05) is 35.2 Å². The lowest BCUT2D eigenvalue weighted by Gasteiger charge is -2.31. The van der Waals surface area contributed by atoms with Crippen molar-refractivity contribution in [1.82, 2.24) is 10.2 Å². The molecule has 6 nitrogen and oxygen atoms in total. The molecule has 11 heteroatoms. The van der Waals surface area contributed by atoms with E-state index in [9.17, 15) is 22.8 Å². The van der Waals surface area contributed by atoms with Gasteiger partial charge in [-0.2, -0.15) is 13.2 Å². The fourth-order valence-corrected chi connectivity index (χ4v) is 3.76. The molecule has 2 aromatic rings. The molecule has 2 amide bonds. The van der Waals surface area contributed by atoms with E-state index in [0.717, 1.165) is 11.8 Å². The van der Waals surface area contributed by atoms with Gasteiger partial charge in [-0.05, 0) is 12.1 Å². The Hall–Kier alpha value is -2.14. The van der Waals surface area contributed by atoms with Crippen molar-refractivity contribution in [2.45, 2.75) is 23.0 Å². The molecule has 0 aliphatic carbocycles. The number of benzene rings is 1. The summed E-state index contributed by atoms with van der Waals surface area (Å²) in [5.74, 6) is -1.79. The Morgan fingerprint density at radius 2 is 2.16 bits per heavy atom. The van der Waals surface area contributed by atoms with Gasteiger partial charge in [0, 0.05) is 0 Å². The van der Waals surface area contributed by atoms with Crippen molar-refractivity contribution in [1.29, 1.82) is 0 Å². The summed E-state index contributed by atoms with van der Waals surface area (Å²) in [6, 6.07) is 3.71. The molecule has 132 valence electrons. The zero-order chi connectivity index (χ0) is 18.0. The predicted octanol–water partition coefficient (Wildman–Crippen LogP) is 2.94. The van der Waals surface area contributed by atoms with Crippen molar-refractivity contribution >= 4 is 46.3 Å². The minimum absolute atomic E-state index is 0.0264. The fourth-order valence-electron chi connectivity index (χ4n) is 2.41. The van der Waals surface area contributed by atoms with Gasteiger partial charge >= 0.3 is 6.18 Å². The van der Waals surface area contributed by atoms with Crippen molar-refractivity contribution in [2.75, 3.05) is 16.0 Å². The number of alkyl halides is 3. The minimum Gasteiger partial charge on any atom is -0.324 e. The molecule has 0 radical (unpaired) electrons. The van der Waals surface area contributed by atoms with Crippen molar-refractivity contribution in [3.63, 3.8) is 0 Å². The quantitative estimate of drug-likeness (QED) is 0.819. The van der Waals surface area contributed by atoms with E-state index in [2.05, 4.69) is 15.5 Å². The number of amides is 2. The summed E-state index contributed by atoms with van der Waals surface area (Å²) < 4.78 is 41.0. The molecule has 1 aliphatic rings. The number of hydrogen-bond donors (Lipinski definition) is 1. The molecule has 1 aliphatic heterocycles. The molecule has 1 atom stereocenters.